The normalized spacial score (nSPS) is 11.3. The highest BCUT2D eigenvalue weighted by atomic mass is 32.1. The molecule has 1 atom stereocenters. The lowest BCUT2D eigenvalue weighted by molar-refractivity contribution is -0.123. The Bertz CT molecular complexity index is 1470. The second-order valence-corrected chi connectivity index (χ2v) is 9.93. The molecule has 0 aliphatic heterocycles. The smallest absolute Gasteiger partial charge is 0.350 e. The fraction of sp³-hybridized carbons (Fsp3) is 0.370. The topological polar surface area (TPSA) is 195 Å². The Labute approximate surface area is 240 Å². The first kappa shape index (κ1) is 31.1. The molecule has 4 rings (SSSR count). The Morgan fingerprint density at radius 1 is 1.24 bits per heavy atom. The molecule has 0 bridgehead atoms. The third kappa shape index (κ3) is 8.78. The number of benzene rings is 1. The zero-order valence-corrected chi connectivity index (χ0v) is 23.9. The maximum Gasteiger partial charge on any atom is 0.350 e. The first-order valence-electron chi connectivity index (χ1n) is 13.0. The standard InChI is InChI=1S/C26H31N7O4S.CH2O2/c1-4-12-36-25(35)22-15(2)29-26(38-22)32-21(34)14-19(6-5-10-27)31-24-20-13-18(23-30-16(3)37-33-23)8-7-17(20)9-11-28-24;2-1-3/h7-9,11,13,19H,4-6,10,12,14,27H2,1-3H3,(H,28,31)(H,29,32,34);1H,(H,2,3)/t19-;/m0./s1. The second-order valence-electron chi connectivity index (χ2n) is 8.93. The molecule has 14 heteroatoms. The van der Waals surface area contributed by atoms with Crippen molar-refractivity contribution in [2.24, 2.45) is 5.73 Å². The summed E-state index contributed by atoms with van der Waals surface area (Å²) in [5, 5.41) is 19.4. The number of fused-ring (bicyclic) bond motifs is 1. The van der Waals surface area contributed by atoms with Crippen LogP contribution in [0.25, 0.3) is 22.2 Å². The van der Waals surface area contributed by atoms with E-state index >= 15 is 0 Å². The van der Waals surface area contributed by atoms with Gasteiger partial charge in [0.15, 0.2) is 5.13 Å². The molecule has 0 radical (unpaired) electrons. The quantitative estimate of drug-likeness (QED) is 0.137. The third-order valence-electron chi connectivity index (χ3n) is 5.75. The van der Waals surface area contributed by atoms with Gasteiger partial charge < -0.3 is 30.7 Å². The van der Waals surface area contributed by atoms with Crippen LogP contribution in [-0.2, 0) is 14.3 Å². The van der Waals surface area contributed by atoms with Gasteiger partial charge >= 0.3 is 5.97 Å². The monoisotopic (exact) mass is 583 g/mol. The Hall–Kier alpha value is -4.43. The van der Waals surface area contributed by atoms with Crippen LogP contribution in [0.4, 0.5) is 10.9 Å². The molecule has 0 saturated carbocycles. The number of thiazole rings is 1. The number of carbonyl (C=O) groups is 3. The molecule has 4 aromatic rings. The molecule has 0 aliphatic carbocycles. The van der Waals surface area contributed by atoms with Gasteiger partial charge in [-0.15, -0.1) is 0 Å². The zero-order chi connectivity index (χ0) is 29.8. The predicted molar refractivity (Wildman–Crippen MR) is 155 cm³/mol. The van der Waals surface area contributed by atoms with Crippen LogP contribution in [0, 0.1) is 13.8 Å². The summed E-state index contributed by atoms with van der Waals surface area (Å²) < 4.78 is 10.3. The summed E-state index contributed by atoms with van der Waals surface area (Å²) in [6, 6.07) is 7.53. The molecular weight excluding hydrogens is 550 g/mol. The van der Waals surface area contributed by atoms with E-state index in [1.54, 1.807) is 20.0 Å². The number of esters is 1. The van der Waals surface area contributed by atoms with Crippen LogP contribution >= 0.6 is 11.3 Å². The number of aromatic nitrogens is 4. The molecule has 13 nitrogen and oxygen atoms in total. The third-order valence-corrected chi connectivity index (χ3v) is 6.80. The van der Waals surface area contributed by atoms with Gasteiger partial charge in [-0.2, -0.15) is 4.98 Å². The van der Waals surface area contributed by atoms with E-state index in [1.165, 1.54) is 0 Å². The highest BCUT2D eigenvalue weighted by Gasteiger charge is 2.20. The molecular formula is C27H33N7O6S. The number of aryl methyl sites for hydroxylation is 2. The molecule has 3 heterocycles. The number of anilines is 2. The number of nitrogens with zero attached hydrogens (tertiary/aromatic N) is 4. The van der Waals surface area contributed by atoms with E-state index in [4.69, 9.17) is 24.9 Å². The largest absolute Gasteiger partial charge is 0.483 e. The molecule has 5 N–H and O–H groups in total. The number of amides is 1. The van der Waals surface area contributed by atoms with E-state index in [-0.39, 0.29) is 24.8 Å². The van der Waals surface area contributed by atoms with Crippen molar-refractivity contribution in [1.82, 2.24) is 20.1 Å². The van der Waals surface area contributed by atoms with Crippen molar-refractivity contribution in [2.45, 2.75) is 52.5 Å². The first-order chi connectivity index (χ1) is 19.8. The number of nitrogens with two attached hydrogens (primary N) is 1. The number of hydrogen-bond acceptors (Lipinski definition) is 12. The summed E-state index contributed by atoms with van der Waals surface area (Å²) >= 11 is 1.11. The zero-order valence-electron chi connectivity index (χ0n) is 23.0. The lowest BCUT2D eigenvalue weighted by Crippen LogP contribution is -2.27. The molecule has 1 amide bonds. The van der Waals surface area contributed by atoms with E-state index in [1.807, 2.05) is 31.2 Å². The lowest BCUT2D eigenvalue weighted by Gasteiger charge is -2.20. The Morgan fingerprint density at radius 2 is 2.02 bits per heavy atom. The number of nitrogens with one attached hydrogen (secondary N) is 2. The summed E-state index contributed by atoms with van der Waals surface area (Å²) in [5.74, 6) is 0.963. The highest BCUT2D eigenvalue weighted by molar-refractivity contribution is 7.17. The van der Waals surface area contributed by atoms with Gasteiger partial charge in [0.25, 0.3) is 6.47 Å². The average Bonchev–Trinajstić information content (AvgIpc) is 3.55. The molecule has 0 saturated heterocycles. The first-order valence-corrected chi connectivity index (χ1v) is 13.8. The summed E-state index contributed by atoms with van der Waals surface area (Å²) in [4.78, 5) is 47.1. The van der Waals surface area contributed by atoms with Crippen LogP contribution in [0.5, 0.6) is 0 Å². The molecule has 0 unspecified atom stereocenters. The van der Waals surface area contributed by atoms with Gasteiger partial charge in [0, 0.05) is 36.5 Å². The summed E-state index contributed by atoms with van der Waals surface area (Å²) in [7, 11) is 0. The summed E-state index contributed by atoms with van der Waals surface area (Å²) in [6.07, 6.45) is 4.01. The van der Waals surface area contributed by atoms with Gasteiger partial charge in [-0.3, -0.25) is 9.59 Å². The number of rotatable bonds is 12. The minimum absolute atomic E-state index is 0.163. The minimum atomic E-state index is -0.429. The molecule has 218 valence electrons. The fourth-order valence-corrected chi connectivity index (χ4v) is 4.79. The maximum atomic E-state index is 13.0. The molecule has 3 aromatic heterocycles. The SMILES string of the molecule is CCCOC(=O)c1sc(NC(=O)C[C@H](CCCN)Nc2nccc3ccc(-c4noc(C)n4)cc23)nc1C.O=CO. The van der Waals surface area contributed by atoms with Crippen molar-refractivity contribution >= 4 is 51.4 Å². The van der Waals surface area contributed by atoms with Gasteiger partial charge in [0.1, 0.15) is 10.7 Å². The van der Waals surface area contributed by atoms with Crippen molar-refractivity contribution in [2.75, 3.05) is 23.8 Å². The second kappa shape index (κ2) is 15.4. The van der Waals surface area contributed by atoms with Crippen molar-refractivity contribution < 1.29 is 28.8 Å². The van der Waals surface area contributed by atoms with Crippen molar-refractivity contribution in [3.05, 3.63) is 46.9 Å². The molecule has 0 fully saturated rings. The van der Waals surface area contributed by atoms with Crippen LogP contribution in [0.15, 0.2) is 35.0 Å². The summed E-state index contributed by atoms with van der Waals surface area (Å²) in [6.45, 7) is 5.97. The maximum absolute atomic E-state index is 13.0. The van der Waals surface area contributed by atoms with Crippen LogP contribution in [-0.4, -0.2) is 62.8 Å². The lowest BCUT2D eigenvalue weighted by atomic mass is 10.0. The fourth-order valence-electron chi connectivity index (χ4n) is 3.92. The number of pyridine rings is 1. The van der Waals surface area contributed by atoms with Gasteiger partial charge in [-0.05, 0) is 50.2 Å². The molecule has 0 spiro atoms. The van der Waals surface area contributed by atoms with E-state index in [2.05, 4.69) is 30.7 Å². The number of ether oxygens (including phenoxy) is 1. The van der Waals surface area contributed by atoms with E-state index in [9.17, 15) is 9.59 Å². The molecule has 1 aromatic carbocycles. The predicted octanol–water partition coefficient (Wildman–Crippen LogP) is 4.17. The van der Waals surface area contributed by atoms with Crippen LogP contribution < -0.4 is 16.4 Å². The van der Waals surface area contributed by atoms with Crippen LogP contribution in [0.2, 0.25) is 0 Å². The van der Waals surface area contributed by atoms with Crippen molar-refractivity contribution in [1.29, 1.82) is 0 Å². The molecule has 41 heavy (non-hydrogen) atoms. The molecule has 0 aliphatic rings. The van der Waals surface area contributed by atoms with Crippen molar-refractivity contribution in [3.63, 3.8) is 0 Å². The van der Waals surface area contributed by atoms with Gasteiger partial charge in [-0.1, -0.05) is 35.5 Å². The van der Waals surface area contributed by atoms with Crippen LogP contribution in [0.1, 0.15) is 53.9 Å². The number of carbonyl (C=O) groups excluding carboxylic acids is 2. The van der Waals surface area contributed by atoms with Crippen LogP contribution in [0.3, 0.4) is 0 Å². The number of hydrogen-bond donors (Lipinski definition) is 4. The van der Waals surface area contributed by atoms with E-state index in [0.29, 0.717) is 52.8 Å². The average molecular weight is 584 g/mol. The van der Waals surface area contributed by atoms with E-state index < -0.39 is 5.97 Å². The van der Waals surface area contributed by atoms with Crippen molar-refractivity contribution in [3.8, 4) is 11.4 Å². The van der Waals surface area contributed by atoms with Gasteiger partial charge in [0.2, 0.25) is 17.6 Å². The highest BCUT2D eigenvalue weighted by Crippen LogP contribution is 2.28. The summed E-state index contributed by atoms with van der Waals surface area (Å²) in [5.41, 5.74) is 7.09. The minimum Gasteiger partial charge on any atom is -0.483 e. The van der Waals surface area contributed by atoms with Gasteiger partial charge in [-0.25, -0.2) is 14.8 Å². The number of carboxylic acid groups (broad SMARTS) is 1. The Morgan fingerprint density at radius 3 is 2.71 bits per heavy atom. The van der Waals surface area contributed by atoms with Gasteiger partial charge in [0.05, 0.1) is 12.3 Å². The Balaban J connectivity index is 0.00000147. The Kier molecular flexibility index (Phi) is 11.7. The van der Waals surface area contributed by atoms with E-state index in [0.717, 1.165) is 40.5 Å².